The molecule has 146 valence electrons. The average molecular weight is 500 g/mol. The summed E-state index contributed by atoms with van der Waals surface area (Å²) in [5.41, 5.74) is 1.35. The predicted octanol–water partition coefficient (Wildman–Crippen LogP) is 3.26. The fourth-order valence-corrected chi connectivity index (χ4v) is 3.70. The van der Waals surface area contributed by atoms with E-state index >= 15 is 0 Å². The SMILES string of the molecule is COc1ccc(/C=C2\N=C(C)N(n3c(C)nc4ccc(I)cc4c3=O)C2=O)cc1. The fourth-order valence-electron chi connectivity index (χ4n) is 3.21. The summed E-state index contributed by atoms with van der Waals surface area (Å²) in [7, 11) is 1.60. The highest BCUT2D eigenvalue weighted by atomic mass is 127. The zero-order chi connectivity index (χ0) is 20.7. The minimum Gasteiger partial charge on any atom is -0.497 e. The largest absolute Gasteiger partial charge is 0.497 e. The number of aromatic nitrogens is 2. The van der Waals surface area contributed by atoms with Crippen molar-refractivity contribution in [3.8, 4) is 5.75 Å². The van der Waals surface area contributed by atoms with Crippen LogP contribution in [0.25, 0.3) is 17.0 Å². The quantitative estimate of drug-likeness (QED) is 0.409. The number of benzene rings is 2. The second-order valence-electron chi connectivity index (χ2n) is 6.52. The molecule has 1 aliphatic heterocycles. The lowest BCUT2D eigenvalue weighted by molar-refractivity contribution is -0.115. The molecule has 0 fully saturated rings. The summed E-state index contributed by atoms with van der Waals surface area (Å²) >= 11 is 2.14. The highest BCUT2D eigenvalue weighted by molar-refractivity contribution is 14.1. The van der Waals surface area contributed by atoms with Gasteiger partial charge in [-0.1, -0.05) is 12.1 Å². The maximum Gasteiger partial charge on any atom is 0.297 e. The Bertz CT molecular complexity index is 1260. The van der Waals surface area contributed by atoms with E-state index in [-0.39, 0.29) is 17.2 Å². The summed E-state index contributed by atoms with van der Waals surface area (Å²) in [6, 6.07) is 12.8. The Morgan fingerprint density at radius 2 is 1.79 bits per heavy atom. The zero-order valence-corrected chi connectivity index (χ0v) is 18.2. The number of amidine groups is 1. The van der Waals surface area contributed by atoms with Crippen molar-refractivity contribution in [3.63, 3.8) is 0 Å². The number of hydrogen-bond donors (Lipinski definition) is 0. The van der Waals surface area contributed by atoms with E-state index in [0.29, 0.717) is 22.6 Å². The smallest absolute Gasteiger partial charge is 0.297 e. The molecule has 0 bridgehead atoms. The van der Waals surface area contributed by atoms with Gasteiger partial charge in [-0.05, 0) is 78.4 Å². The van der Waals surface area contributed by atoms with Crippen molar-refractivity contribution in [1.29, 1.82) is 0 Å². The number of rotatable bonds is 3. The minimum atomic E-state index is -0.379. The van der Waals surface area contributed by atoms with Crippen LogP contribution in [0.5, 0.6) is 5.75 Å². The minimum absolute atomic E-state index is 0.252. The van der Waals surface area contributed by atoms with E-state index in [0.717, 1.165) is 14.9 Å². The molecular formula is C21H17IN4O3. The molecule has 0 atom stereocenters. The van der Waals surface area contributed by atoms with E-state index in [2.05, 4.69) is 32.6 Å². The Labute approximate surface area is 180 Å². The average Bonchev–Trinajstić information content (AvgIpc) is 2.97. The third-order valence-electron chi connectivity index (χ3n) is 4.59. The van der Waals surface area contributed by atoms with Crippen LogP contribution in [0.3, 0.4) is 0 Å². The second-order valence-corrected chi connectivity index (χ2v) is 7.76. The van der Waals surface area contributed by atoms with Crippen LogP contribution in [0.2, 0.25) is 0 Å². The number of hydrogen-bond acceptors (Lipinski definition) is 5. The number of methoxy groups -OCH3 is 1. The van der Waals surface area contributed by atoms with Gasteiger partial charge in [0.1, 0.15) is 23.1 Å². The van der Waals surface area contributed by atoms with E-state index in [9.17, 15) is 9.59 Å². The van der Waals surface area contributed by atoms with E-state index < -0.39 is 0 Å². The molecular weight excluding hydrogens is 483 g/mol. The Kier molecular flexibility index (Phi) is 4.95. The van der Waals surface area contributed by atoms with Crippen molar-refractivity contribution in [3.05, 3.63) is 73.5 Å². The van der Waals surface area contributed by atoms with Gasteiger partial charge in [0.15, 0.2) is 0 Å². The summed E-state index contributed by atoms with van der Waals surface area (Å²) in [4.78, 5) is 35.1. The molecule has 0 radical (unpaired) electrons. The lowest BCUT2D eigenvalue weighted by Crippen LogP contribution is -2.48. The van der Waals surface area contributed by atoms with Gasteiger partial charge in [-0.15, -0.1) is 0 Å². The third kappa shape index (κ3) is 3.44. The number of ether oxygens (including phenoxy) is 1. The fraction of sp³-hybridized carbons (Fsp3) is 0.143. The van der Waals surface area contributed by atoms with Crippen molar-refractivity contribution in [1.82, 2.24) is 9.66 Å². The van der Waals surface area contributed by atoms with Gasteiger partial charge in [0.2, 0.25) is 0 Å². The molecule has 1 aromatic heterocycles. The molecule has 8 heteroatoms. The Morgan fingerprint density at radius 3 is 2.48 bits per heavy atom. The Balaban J connectivity index is 1.79. The highest BCUT2D eigenvalue weighted by Gasteiger charge is 2.31. The summed E-state index contributed by atoms with van der Waals surface area (Å²) in [6.07, 6.45) is 1.68. The van der Waals surface area contributed by atoms with Crippen LogP contribution in [-0.4, -0.2) is 28.5 Å². The van der Waals surface area contributed by atoms with Gasteiger partial charge in [0.25, 0.3) is 11.5 Å². The number of halogens is 1. The number of aliphatic imine (C=N–C) groups is 1. The molecule has 0 saturated carbocycles. The zero-order valence-electron chi connectivity index (χ0n) is 16.0. The Morgan fingerprint density at radius 1 is 1.07 bits per heavy atom. The van der Waals surface area contributed by atoms with Crippen LogP contribution < -0.4 is 15.3 Å². The molecule has 7 nitrogen and oxygen atoms in total. The molecule has 29 heavy (non-hydrogen) atoms. The van der Waals surface area contributed by atoms with Crippen molar-refractivity contribution >= 4 is 51.3 Å². The van der Waals surface area contributed by atoms with Gasteiger partial charge in [0.05, 0.1) is 18.0 Å². The van der Waals surface area contributed by atoms with Gasteiger partial charge in [-0.2, -0.15) is 9.69 Å². The predicted molar refractivity (Wildman–Crippen MR) is 121 cm³/mol. The van der Waals surface area contributed by atoms with E-state index in [1.807, 2.05) is 30.3 Å². The van der Waals surface area contributed by atoms with E-state index in [1.54, 1.807) is 39.2 Å². The molecule has 0 spiro atoms. The van der Waals surface area contributed by atoms with Crippen LogP contribution in [0.1, 0.15) is 18.3 Å². The van der Waals surface area contributed by atoms with Gasteiger partial charge < -0.3 is 4.74 Å². The number of aryl methyl sites for hydroxylation is 1. The molecule has 1 amide bonds. The van der Waals surface area contributed by atoms with Crippen molar-refractivity contribution in [2.45, 2.75) is 13.8 Å². The normalized spacial score (nSPS) is 15.3. The first kappa shape index (κ1) is 19.3. The maximum atomic E-state index is 13.2. The molecule has 1 aliphatic rings. The lowest BCUT2D eigenvalue weighted by atomic mass is 10.2. The summed E-state index contributed by atoms with van der Waals surface area (Å²) < 4.78 is 7.36. The lowest BCUT2D eigenvalue weighted by Gasteiger charge is -2.20. The topological polar surface area (TPSA) is 76.8 Å². The molecule has 2 aromatic carbocycles. The molecule has 3 aromatic rings. The van der Waals surface area contributed by atoms with E-state index in [4.69, 9.17) is 4.74 Å². The monoisotopic (exact) mass is 500 g/mol. The van der Waals surface area contributed by atoms with Crippen LogP contribution in [-0.2, 0) is 4.79 Å². The number of fused-ring (bicyclic) bond motifs is 1. The van der Waals surface area contributed by atoms with Crippen molar-refractivity contribution in [2.24, 2.45) is 4.99 Å². The number of carbonyl (C=O) groups is 1. The maximum absolute atomic E-state index is 13.2. The van der Waals surface area contributed by atoms with Crippen molar-refractivity contribution < 1.29 is 9.53 Å². The summed E-state index contributed by atoms with van der Waals surface area (Å²) in [6.45, 7) is 3.39. The summed E-state index contributed by atoms with van der Waals surface area (Å²) in [5, 5.41) is 1.73. The second kappa shape index (κ2) is 7.43. The summed E-state index contributed by atoms with van der Waals surface area (Å²) in [5.74, 6) is 1.17. The van der Waals surface area contributed by atoms with Crippen LogP contribution in [0, 0.1) is 10.5 Å². The van der Waals surface area contributed by atoms with E-state index in [1.165, 1.54) is 9.69 Å². The van der Waals surface area contributed by atoms with Gasteiger partial charge in [0, 0.05) is 3.57 Å². The molecule has 0 saturated heterocycles. The molecule has 0 aliphatic carbocycles. The first-order valence-corrected chi connectivity index (χ1v) is 9.91. The number of amides is 1. The number of carbonyl (C=O) groups excluding carboxylic acids is 1. The van der Waals surface area contributed by atoms with Gasteiger partial charge >= 0.3 is 0 Å². The Hall–Kier alpha value is -3.01. The molecule has 2 heterocycles. The molecule has 0 N–H and O–H groups in total. The molecule has 4 rings (SSSR count). The van der Waals surface area contributed by atoms with Crippen LogP contribution in [0.4, 0.5) is 0 Å². The number of nitrogens with zero attached hydrogens (tertiary/aromatic N) is 4. The first-order chi connectivity index (χ1) is 13.9. The first-order valence-electron chi connectivity index (χ1n) is 8.84. The van der Waals surface area contributed by atoms with Gasteiger partial charge in [-0.3, -0.25) is 9.59 Å². The standard InChI is InChI=1S/C21H17IN4O3/c1-12-23-18-9-6-15(22)11-17(18)20(27)25(12)26-13(2)24-19(21(26)28)10-14-4-7-16(29-3)8-5-14/h4-11H,1-3H3/b19-10-. The molecule has 0 unspecified atom stereocenters. The van der Waals surface area contributed by atoms with Crippen molar-refractivity contribution in [2.75, 3.05) is 12.1 Å². The van der Waals surface area contributed by atoms with Crippen LogP contribution >= 0.6 is 22.6 Å². The van der Waals surface area contributed by atoms with Gasteiger partial charge in [-0.25, -0.2) is 9.98 Å². The highest BCUT2D eigenvalue weighted by Crippen LogP contribution is 2.20. The third-order valence-corrected chi connectivity index (χ3v) is 5.26. The van der Waals surface area contributed by atoms with Crippen LogP contribution in [0.15, 0.2) is 57.9 Å².